The summed E-state index contributed by atoms with van der Waals surface area (Å²) in [7, 11) is 0. The van der Waals surface area contributed by atoms with Crippen molar-refractivity contribution in [1.82, 2.24) is 4.98 Å². The Hall–Kier alpha value is -1.77. The van der Waals surface area contributed by atoms with Crippen LogP contribution >= 0.6 is 0 Å². The van der Waals surface area contributed by atoms with Crippen molar-refractivity contribution in [2.75, 3.05) is 0 Å². The molecule has 3 rings (SSSR count). The third kappa shape index (κ3) is 1.24. The van der Waals surface area contributed by atoms with Crippen LogP contribution in [0.15, 0.2) is 24.3 Å². The number of primary amides is 1. The summed E-state index contributed by atoms with van der Waals surface area (Å²) in [5.74, 6) is -0.344. The van der Waals surface area contributed by atoms with E-state index < -0.39 is 0 Å². The smallest absolute Gasteiger partial charge is 0.226 e. The maximum atomic E-state index is 11.4. The summed E-state index contributed by atoms with van der Waals surface area (Å²) < 4.78 is 0. The first kappa shape index (κ1) is 9.46. The summed E-state index contributed by atoms with van der Waals surface area (Å²) in [5.41, 5.74) is 8.88. The average Bonchev–Trinajstić information content (AvgIpc) is 2.67. The van der Waals surface area contributed by atoms with Crippen LogP contribution in [0, 0.1) is 0 Å². The lowest BCUT2D eigenvalue weighted by Gasteiger charge is -2.19. The first-order valence-corrected chi connectivity index (χ1v) is 5.66. The Morgan fingerprint density at radius 3 is 3.00 bits per heavy atom. The van der Waals surface area contributed by atoms with E-state index in [-0.39, 0.29) is 11.8 Å². The molecule has 0 saturated carbocycles. The minimum Gasteiger partial charge on any atom is -0.369 e. The number of fused-ring (bicyclic) bond motifs is 3. The molecule has 16 heavy (non-hydrogen) atoms. The number of rotatable bonds is 1. The van der Waals surface area contributed by atoms with Gasteiger partial charge in [-0.25, -0.2) is 0 Å². The number of aryl methyl sites for hydroxylation is 1. The van der Waals surface area contributed by atoms with E-state index in [1.54, 1.807) is 0 Å². The van der Waals surface area contributed by atoms with Gasteiger partial charge in [0.1, 0.15) is 0 Å². The van der Waals surface area contributed by atoms with Crippen molar-refractivity contribution in [3.05, 3.63) is 35.5 Å². The predicted octanol–water partition coefficient (Wildman–Crippen LogP) is 2.07. The fourth-order valence-corrected chi connectivity index (χ4v) is 2.70. The van der Waals surface area contributed by atoms with Gasteiger partial charge in [-0.05, 0) is 30.9 Å². The molecular formula is C13H14N2O. The van der Waals surface area contributed by atoms with Gasteiger partial charge < -0.3 is 10.7 Å². The predicted molar refractivity (Wildman–Crippen MR) is 63.2 cm³/mol. The SMILES string of the molecule is NC(=O)[C@@H]1CCCc2c1[nH]c1ccccc21. The second kappa shape index (κ2) is 3.37. The van der Waals surface area contributed by atoms with Crippen molar-refractivity contribution < 1.29 is 4.79 Å². The van der Waals surface area contributed by atoms with Crippen LogP contribution in [0.5, 0.6) is 0 Å². The lowest BCUT2D eigenvalue weighted by Crippen LogP contribution is -2.24. The number of aromatic amines is 1. The molecule has 1 aliphatic carbocycles. The van der Waals surface area contributed by atoms with Gasteiger partial charge in [0.15, 0.2) is 0 Å². The van der Waals surface area contributed by atoms with Gasteiger partial charge in [-0.1, -0.05) is 18.2 Å². The molecular weight excluding hydrogens is 200 g/mol. The van der Waals surface area contributed by atoms with Gasteiger partial charge in [0, 0.05) is 16.6 Å². The van der Waals surface area contributed by atoms with Crippen molar-refractivity contribution in [2.24, 2.45) is 5.73 Å². The van der Waals surface area contributed by atoms with E-state index in [4.69, 9.17) is 5.73 Å². The monoisotopic (exact) mass is 214 g/mol. The first-order valence-electron chi connectivity index (χ1n) is 5.66. The van der Waals surface area contributed by atoms with Crippen LogP contribution < -0.4 is 5.73 Å². The van der Waals surface area contributed by atoms with E-state index in [2.05, 4.69) is 11.1 Å². The highest BCUT2D eigenvalue weighted by Gasteiger charge is 2.27. The number of carbonyl (C=O) groups excluding carboxylic acids is 1. The molecule has 1 aromatic carbocycles. The van der Waals surface area contributed by atoms with Gasteiger partial charge in [-0.3, -0.25) is 4.79 Å². The molecule has 3 nitrogen and oxygen atoms in total. The third-order valence-electron chi connectivity index (χ3n) is 3.46. The summed E-state index contributed by atoms with van der Waals surface area (Å²) >= 11 is 0. The number of H-pyrrole nitrogens is 1. The number of para-hydroxylation sites is 1. The Labute approximate surface area is 93.6 Å². The molecule has 1 amide bonds. The van der Waals surface area contributed by atoms with Gasteiger partial charge in [-0.2, -0.15) is 0 Å². The second-order valence-corrected chi connectivity index (χ2v) is 4.41. The summed E-state index contributed by atoms with van der Waals surface area (Å²) in [6.45, 7) is 0. The highest BCUT2D eigenvalue weighted by Crippen LogP contribution is 2.35. The molecule has 82 valence electrons. The minimum atomic E-state index is -0.215. The van der Waals surface area contributed by atoms with Gasteiger partial charge in [0.25, 0.3) is 0 Å². The molecule has 0 spiro atoms. The Balaban J connectivity index is 2.25. The van der Waals surface area contributed by atoms with E-state index in [1.165, 1.54) is 10.9 Å². The van der Waals surface area contributed by atoms with Gasteiger partial charge in [0.2, 0.25) is 5.91 Å². The van der Waals surface area contributed by atoms with E-state index in [9.17, 15) is 4.79 Å². The van der Waals surface area contributed by atoms with Crippen molar-refractivity contribution >= 4 is 16.8 Å². The summed E-state index contributed by atoms with van der Waals surface area (Å²) in [6, 6.07) is 8.19. The minimum absolute atomic E-state index is 0.129. The highest BCUT2D eigenvalue weighted by molar-refractivity contribution is 5.89. The van der Waals surface area contributed by atoms with Gasteiger partial charge in [-0.15, -0.1) is 0 Å². The van der Waals surface area contributed by atoms with Crippen molar-refractivity contribution in [3.8, 4) is 0 Å². The molecule has 1 aliphatic rings. The van der Waals surface area contributed by atoms with E-state index in [1.807, 2.05) is 18.2 Å². The van der Waals surface area contributed by atoms with Gasteiger partial charge in [0.05, 0.1) is 5.92 Å². The molecule has 3 heteroatoms. The van der Waals surface area contributed by atoms with Gasteiger partial charge >= 0.3 is 0 Å². The lowest BCUT2D eigenvalue weighted by molar-refractivity contribution is -0.119. The largest absolute Gasteiger partial charge is 0.369 e. The molecule has 0 bridgehead atoms. The highest BCUT2D eigenvalue weighted by atomic mass is 16.1. The van der Waals surface area contributed by atoms with Crippen molar-refractivity contribution in [2.45, 2.75) is 25.2 Å². The molecule has 2 aromatic rings. The van der Waals surface area contributed by atoms with Crippen LogP contribution in [0.1, 0.15) is 30.0 Å². The molecule has 0 aliphatic heterocycles. The Bertz CT molecular complexity index is 556. The number of hydrogen-bond donors (Lipinski definition) is 2. The summed E-state index contributed by atoms with van der Waals surface area (Å²) in [6.07, 6.45) is 2.96. The number of nitrogens with one attached hydrogen (secondary N) is 1. The first-order chi connectivity index (χ1) is 7.77. The normalized spacial score (nSPS) is 19.6. The standard InChI is InChI=1S/C13H14N2O/c14-13(16)10-6-3-5-9-8-4-1-2-7-11(8)15-12(9)10/h1-2,4,7,10,15H,3,5-6H2,(H2,14,16)/t10-/m1/s1. The van der Waals surface area contributed by atoms with E-state index in [0.717, 1.165) is 30.5 Å². The number of nitrogens with two attached hydrogens (primary N) is 1. The topological polar surface area (TPSA) is 58.9 Å². The van der Waals surface area contributed by atoms with Crippen LogP contribution in [-0.2, 0) is 11.2 Å². The number of carbonyl (C=O) groups is 1. The zero-order chi connectivity index (χ0) is 11.1. The molecule has 1 aromatic heterocycles. The van der Waals surface area contributed by atoms with Crippen LogP contribution in [0.2, 0.25) is 0 Å². The zero-order valence-electron chi connectivity index (χ0n) is 8.99. The van der Waals surface area contributed by atoms with Crippen LogP contribution in [0.3, 0.4) is 0 Å². The Morgan fingerprint density at radius 1 is 1.38 bits per heavy atom. The number of amides is 1. The van der Waals surface area contributed by atoms with Crippen LogP contribution in [0.25, 0.3) is 10.9 Å². The quantitative estimate of drug-likeness (QED) is 0.750. The van der Waals surface area contributed by atoms with E-state index in [0.29, 0.717) is 0 Å². The Kier molecular flexibility index (Phi) is 1.99. The fraction of sp³-hybridized carbons (Fsp3) is 0.308. The molecule has 0 saturated heterocycles. The molecule has 1 heterocycles. The number of benzene rings is 1. The fourth-order valence-electron chi connectivity index (χ4n) is 2.70. The number of aromatic nitrogens is 1. The van der Waals surface area contributed by atoms with E-state index >= 15 is 0 Å². The lowest BCUT2D eigenvalue weighted by atomic mass is 9.86. The average molecular weight is 214 g/mol. The molecule has 0 fully saturated rings. The maximum Gasteiger partial charge on any atom is 0.226 e. The number of hydrogen-bond acceptors (Lipinski definition) is 1. The molecule has 0 unspecified atom stereocenters. The maximum absolute atomic E-state index is 11.4. The third-order valence-corrected chi connectivity index (χ3v) is 3.46. The second-order valence-electron chi connectivity index (χ2n) is 4.41. The molecule has 3 N–H and O–H groups in total. The Morgan fingerprint density at radius 2 is 2.19 bits per heavy atom. The molecule has 1 atom stereocenters. The van der Waals surface area contributed by atoms with Crippen LogP contribution in [0.4, 0.5) is 0 Å². The summed E-state index contributed by atoms with van der Waals surface area (Å²) in [4.78, 5) is 14.7. The molecule has 0 radical (unpaired) electrons. The van der Waals surface area contributed by atoms with Crippen molar-refractivity contribution in [1.29, 1.82) is 0 Å². The zero-order valence-corrected chi connectivity index (χ0v) is 8.99. The van der Waals surface area contributed by atoms with Crippen molar-refractivity contribution in [3.63, 3.8) is 0 Å². The summed E-state index contributed by atoms with van der Waals surface area (Å²) in [5, 5.41) is 1.24. The van der Waals surface area contributed by atoms with Crippen LogP contribution in [-0.4, -0.2) is 10.9 Å².